The fourth-order valence-corrected chi connectivity index (χ4v) is 14.0. The fourth-order valence-electron chi connectivity index (χ4n) is 5.32. The number of aromatic nitrogens is 2. The van der Waals surface area contributed by atoms with Gasteiger partial charge >= 0.3 is 0 Å². The van der Waals surface area contributed by atoms with Gasteiger partial charge in [-0.2, -0.15) is 0 Å². The second kappa shape index (κ2) is 8.51. The van der Waals surface area contributed by atoms with Crippen LogP contribution in [0.15, 0.2) is 91.0 Å². The van der Waals surface area contributed by atoms with Gasteiger partial charge in [0.2, 0.25) is 0 Å². The normalized spacial score (nSPS) is 13.6. The molecule has 5 rings (SSSR count). The summed E-state index contributed by atoms with van der Waals surface area (Å²) < 4.78 is 2.89. The van der Waals surface area contributed by atoms with Crippen molar-refractivity contribution >= 4 is 41.9 Å². The zero-order valence-electron chi connectivity index (χ0n) is 20.9. The SMILES string of the molecule is CS(C)(C)C(c1cccc(-c2ccc(-n3c4ccccc4c4ccccc43)cc2)n1)S(C)(C)C. The zero-order valence-corrected chi connectivity index (χ0v) is 22.6. The van der Waals surface area contributed by atoms with E-state index < -0.39 is 20.1 Å². The molecule has 0 amide bonds. The number of hydrogen-bond acceptors (Lipinski definition) is 1. The van der Waals surface area contributed by atoms with Crippen LogP contribution in [0.2, 0.25) is 0 Å². The molecule has 0 fully saturated rings. The third-order valence-electron chi connectivity index (χ3n) is 6.30. The highest BCUT2D eigenvalue weighted by Gasteiger charge is 2.31. The fraction of sp³-hybridized carbons (Fsp3) is 0.233. The summed E-state index contributed by atoms with van der Waals surface area (Å²) >= 11 is 0. The molecule has 0 aliphatic rings. The van der Waals surface area contributed by atoms with Crippen LogP contribution in [0, 0.1) is 0 Å². The van der Waals surface area contributed by atoms with E-state index in [2.05, 4.69) is 133 Å². The standard InChI is InChI=1S/C30H34N2S2/c1-33(2,3)30(34(4,5)6)27-15-11-14-26(31-27)22-18-20-23(21-19-22)32-28-16-9-7-12-24(28)25-13-8-10-17-29(25)32/h7-21,30H,1-6H3. The van der Waals surface area contributed by atoms with Crippen molar-refractivity contribution in [1.82, 2.24) is 9.55 Å². The first kappa shape index (κ1) is 23.1. The molecular weight excluding hydrogens is 452 g/mol. The zero-order chi connectivity index (χ0) is 24.1. The van der Waals surface area contributed by atoms with Gasteiger partial charge in [0.15, 0.2) is 0 Å². The first-order valence-corrected chi connectivity index (χ1v) is 17.4. The second-order valence-corrected chi connectivity index (χ2v) is 19.5. The molecule has 5 aromatic rings. The third-order valence-corrected chi connectivity index (χ3v) is 12.8. The highest BCUT2D eigenvalue weighted by atomic mass is 32.3. The summed E-state index contributed by atoms with van der Waals surface area (Å²) in [6, 6.07) is 32.8. The summed E-state index contributed by atoms with van der Waals surface area (Å²) in [5.74, 6) is 0. The van der Waals surface area contributed by atoms with Crippen LogP contribution in [-0.4, -0.2) is 47.1 Å². The second-order valence-electron chi connectivity index (χ2n) is 10.6. The molecule has 34 heavy (non-hydrogen) atoms. The Bertz CT molecular complexity index is 1400. The van der Waals surface area contributed by atoms with Gasteiger partial charge in [0.05, 0.1) is 27.0 Å². The van der Waals surface area contributed by atoms with E-state index in [-0.39, 0.29) is 0 Å². The van der Waals surface area contributed by atoms with Gasteiger partial charge in [0, 0.05) is 22.0 Å². The predicted octanol–water partition coefficient (Wildman–Crippen LogP) is 8.23. The lowest BCUT2D eigenvalue weighted by Crippen LogP contribution is -2.15. The van der Waals surface area contributed by atoms with Gasteiger partial charge in [0.1, 0.15) is 0 Å². The molecule has 0 aliphatic carbocycles. The molecular formula is C30H34N2S2. The van der Waals surface area contributed by atoms with Crippen molar-refractivity contribution in [2.24, 2.45) is 0 Å². The Morgan fingerprint density at radius 3 is 1.65 bits per heavy atom. The molecule has 0 bridgehead atoms. The molecule has 2 heterocycles. The van der Waals surface area contributed by atoms with E-state index in [1.54, 1.807) is 0 Å². The van der Waals surface area contributed by atoms with Crippen LogP contribution < -0.4 is 0 Å². The lowest BCUT2D eigenvalue weighted by Gasteiger charge is -2.47. The summed E-state index contributed by atoms with van der Waals surface area (Å²) in [7, 11) is -1.56. The number of hydrogen-bond donors (Lipinski definition) is 0. The van der Waals surface area contributed by atoms with Gasteiger partial charge in [-0.05, 0) is 73.9 Å². The quantitative estimate of drug-likeness (QED) is 0.245. The monoisotopic (exact) mass is 486 g/mol. The van der Waals surface area contributed by atoms with Gasteiger partial charge in [-0.15, -0.1) is 0 Å². The maximum atomic E-state index is 5.20. The van der Waals surface area contributed by atoms with E-state index in [1.165, 1.54) is 33.2 Å². The molecule has 0 spiro atoms. The summed E-state index contributed by atoms with van der Waals surface area (Å²) in [6.45, 7) is 0. The number of fused-ring (bicyclic) bond motifs is 3. The highest BCUT2D eigenvalue weighted by Crippen LogP contribution is 2.68. The van der Waals surface area contributed by atoms with E-state index in [4.69, 9.17) is 4.98 Å². The first-order valence-electron chi connectivity index (χ1n) is 11.5. The maximum absolute atomic E-state index is 5.20. The lowest BCUT2D eigenvalue weighted by atomic mass is 10.1. The highest BCUT2D eigenvalue weighted by molar-refractivity contribution is 8.47. The van der Waals surface area contributed by atoms with Gasteiger partial charge < -0.3 is 4.57 Å². The number of benzene rings is 3. The molecule has 0 radical (unpaired) electrons. The summed E-state index contributed by atoms with van der Waals surface area (Å²) in [6.07, 6.45) is 14.5. The van der Waals surface area contributed by atoms with Gasteiger partial charge in [-0.25, -0.2) is 20.1 Å². The molecule has 0 aliphatic heterocycles. The molecule has 0 N–H and O–H groups in total. The van der Waals surface area contributed by atoms with Crippen LogP contribution in [0.25, 0.3) is 38.8 Å². The van der Waals surface area contributed by atoms with Gasteiger partial charge in [-0.3, -0.25) is 4.98 Å². The minimum atomic E-state index is -0.781. The Balaban J connectivity index is 1.57. The first-order chi connectivity index (χ1) is 16.1. The van der Waals surface area contributed by atoms with Gasteiger partial charge in [-0.1, -0.05) is 54.6 Å². The van der Waals surface area contributed by atoms with E-state index in [0.717, 1.165) is 11.3 Å². The topological polar surface area (TPSA) is 17.8 Å². The maximum Gasteiger partial charge on any atom is 0.0706 e. The van der Waals surface area contributed by atoms with E-state index in [1.807, 2.05) is 0 Å². The Hall–Kier alpha value is -2.69. The van der Waals surface area contributed by atoms with Crippen LogP contribution in [0.5, 0.6) is 0 Å². The molecule has 2 aromatic heterocycles. The van der Waals surface area contributed by atoms with Crippen molar-refractivity contribution in [2.45, 2.75) is 4.58 Å². The van der Waals surface area contributed by atoms with Gasteiger partial charge in [0.25, 0.3) is 0 Å². The minimum Gasteiger partial charge on any atom is -0.309 e. The Morgan fingerprint density at radius 2 is 1.12 bits per heavy atom. The van der Waals surface area contributed by atoms with Crippen LogP contribution >= 0.6 is 20.1 Å². The minimum absolute atomic E-state index is 0.525. The smallest absolute Gasteiger partial charge is 0.0706 e. The van der Waals surface area contributed by atoms with Crippen molar-refractivity contribution in [3.05, 3.63) is 96.7 Å². The van der Waals surface area contributed by atoms with Crippen molar-refractivity contribution in [3.8, 4) is 16.9 Å². The summed E-state index contributed by atoms with van der Waals surface area (Å²) in [4.78, 5) is 5.20. The molecule has 0 saturated heterocycles. The van der Waals surface area contributed by atoms with Crippen LogP contribution in [0.1, 0.15) is 10.3 Å². The van der Waals surface area contributed by atoms with Crippen LogP contribution in [0.4, 0.5) is 0 Å². The molecule has 2 nitrogen and oxygen atoms in total. The molecule has 0 saturated carbocycles. The van der Waals surface area contributed by atoms with E-state index in [0.29, 0.717) is 4.58 Å². The molecule has 4 heteroatoms. The molecule has 0 unspecified atom stereocenters. The summed E-state index contributed by atoms with van der Waals surface area (Å²) in [5, 5.41) is 2.58. The van der Waals surface area contributed by atoms with Crippen LogP contribution in [0.3, 0.4) is 0 Å². The number of nitrogens with zero attached hydrogens (tertiary/aromatic N) is 2. The van der Waals surface area contributed by atoms with E-state index in [9.17, 15) is 0 Å². The number of para-hydroxylation sites is 2. The van der Waals surface area contributed by atoms with Crippen molar-refractivity contribution < 1.29 is 0 Å². The molecule has 3 aromatic carbocycles. The van der Waals surface area contributed by atoms with E-state index >= 15 is 0 Å². The predicted molar refractivity (Wildman–Crippen MR) is 157 cm³/mol. The van der Waals surface area contributed by atoms with Crippen molar-refractivity contribution in [2.75, 3.05) is 37.5 Å². The average molecular weight is 487 g/mol. The molecule has 0 atom stereocenters. The Labute approximate surface area is 206 Å². The third kappa shape index (κ3) is 4.14. The number of pyridine rings is 1. The lowest BCUT2D eigenvalue weighted by molar-refractivity contribution is 1.14. The van der Waals surface area contributed by atoms with Crippen molar-refractivity contribution in [3.63, 3.8) is 0 Å². The Kier molecular flexibility index (Phi) is 5.78. The Morgan fingerprint density at radius 1 is 0.588 bits per heavy atom. The average Bonchev–Trinajstić information content (AvgIpc) is 3.12. The summed E-state index contributed by atoms with van der Waals surface area (Å²) in [5.41, 5.74) is 7.12. The molecule has 176 valence electrons. The van der Waals surface area contributed by atoms with Crippen molar-refractivity contribution in [1.29, 1.82) is 0 Å². The van der Waals surface area contributed by atoms with Crippen LogP contribution in [-0.2, 0) is 0 Å². The number of rotatable bonds is 5. The largest absolute Gasteiger partial charge is 0.309 e.